The number of carbonyl (C=O) groups excluding carboxylic acids is 1. The standard InChI is InChI=1S/C21H26FN3O3S/c1-15(2)20(24-29(27,28)19-11-7-6-10-18(19)22)21(26)25-13-12-17(14-25)23-16-8-4-3-5-9-16/h3-11,15,17,20,23-24H,12-14H2,1-2H3/t17?,20-/m0/s1. The van der Waals surface area contributed by atoms with Crippen LogP contribution in [0.1, 0.15) is 20.3 Å². The summed E-state index contributed by atoms with van der Waals surface area (Å²) < 4.78 is 41.7. The fourth-order valence-corrected chi connectivity index (χ4v) is 4.83. The lowest BCUT2D eigenvalue weighted by molar-refractivity contribution is -0.132. The molecule has 156 valence electrons. The minimum absolute atomic E-state index is 0.0948. The zero-order valence-corrected chi connectivity index (χ0v) is 17.3. The molecule has 2 atom stereocenters. The summed E-state index contributed by atoms with van der Waals surface area (Å²) in [6.45, 7) is 4.55. The molecule has 1 unspecified atom stereocenters. The Labute approximate surface area is 171 Å². The second-order valence-electron chi connectivity index (χ2n) is 7.55. The van der Waals surface area contributed by atoms with E-state index in [2.05, 4.69) is 10.0 Å². The Morgan fingerprint density at radius 1 is 1.10 bits per heavy atom. The first kappa shape index (κ1) is 21.3. The Kier molecular flexibility index (Phi) is 6.54. The largest absolute Gasteiger partial charge is 0.380 e. The summed E-state index contributed by atoms with van der Waals surface area (Å²) in [5.74, 6) is -1.43. The van der Waals surface area contributed by atoms with Gasteiger partial charge in [-0.05, 0) is 36.6 Å². The number of anilines is 1. The Morgan fingerprint density at radius 2 is 1.76 bits per heavy atom. The minimum Gasteiger partial charge on any atom is -0.380 e. The number of rotatable bonds is 7. The molecular formula is C21H26FN3O3S. The van der Waals surface area contributed by atoms with E-state index in [0.717, 1.165) is 18.2 Å². The molecule has 1 saturated heterocycles. The van der Waals surface area contributed by atoms with Gasteiger partial charge in [0, 0.05) is 24.8 Å². The highest BCUT2D eigenvalue weighted by atomic mass is 32.2. The number of sulfonamides is 1. The first-order valence-electron chi connectivity index (χ1n) is 9.65. The molecule has 2 aromatic rings. The van der Waals surface area contributed by atoms with Crippen molar-refractivity contribution in [2.24, 2.45) is 5.92 Å². The minimum atomic E-state index is -4.16. The van der Waals surface area contributed by atoms with Crippen LogP contribution in [0.25, 0.3) is 0 Å². The quantitative estimate of drug-likeness (QED) is 0.723. The number of nitrogens with one attached hydrogen (secondary N) is 2. The summed E-state index contributed by atoms with van der Waals surface area (Å²) in [4.78, 5) is 14.3. The van der Waals surface area contributed by atoms with Crippen molar-refractivity contribution in [2.45, 2.75) is 37.2 Å². The van der Waals surface area contributed by atoms with Gasteiger partial charge < -0.3 is 10.2 Å². The van der Waals surface area contributed by atoms with Crippen LogP contribution in [0, 0.1) is 11.7 Å². The molecule has 0 aliphatic carbocycles. The third-order valence-electron chi connectivity index (χ3n) is 4.99. The van der Waals surface area contributed by atoms with E-state index in [1.54, 1.807) is 18.7 Å². The fourth-order valence-electron chi connectivity index (χ4n) is 3.41. The number of hydrogen-bond donors (Lipinski definition) is 2. The molecule has 1 aliphatic heterocycles. The maximum Gasteiger partial charge on any atom is 0.244 e. The van der Waals surface area contributed by atoms with E-state index >= 15 is 0 Å². The van der Waals surface area contributed by atoms with Crippen LogP contribution < -0.4 is 10.0 Å². The number of amides is 1. The van der Waals surface area contributed by atoms with Crippen LogP contribution in [0.15, 0.2) is 59.5 Å². The third-order valence-corrected chi connectivity index (χ3v) is 6.46. The number of nitrogens with zero attached hydrogens (tertiary/aromatic N) is 1. The van der Waals surface area contributed by atoms with Crippen molar-refractivity contribution >= 4 is 21.6 Å². The highest BCUT2D eigenvalue weighted by Crippen LogP contribution is 2.20. The van der Waals surface area contributed by atoms with Gasteiger partial charge >= 0.3 is 0 Å². The predicted octanol–water partition coefficient (Wildman–Crippen LogP) is 2.84. The molecule has 1 aliphatic rings. The molecule has 0 spiro atoms. The lowest BCUT2D eigenvalue weighted by atomic mass is 10.0. The summed E-state index contributed by atoms with van der Waals surface area (Å²) >= 11 is 0. The van der Waals surface area contributed by atoms with Gasteiger partial charge in [-0.15, -0.1) is 0 Å². The van der Waals surface area contributed by atoms with Crippen molar-refractivity contribution in [1.29, 1.82) is 0 Å². The highest BCUT2D eigenvalue weighted by molar-refractivity contribution is 7.89. The molecule has 29 heavy (non-hydrogen) atoms. The van der Waals surface area contributed by atoms with Gasteiger partial charge in [-0.3, -0.25) is 4.79 Å². The summed E-state index contributed by atoms with van der Waals surface area (Å²) in [5, 5.41) is 3.39. The topological polar surface area (TPSA) is 78.5 Å². The lowest BCUT2D eigenvalue weighted by Gasteiger charge is -2.27. The smallest absolute Gasteiger partial charge is 0.244 e. The zero-order valence-electron chi connectivity index (χ0n) is 16.5. The molecule has 1 amide bonds. The second-order valence-corrected chi connectivity index (χ2v) is 9.24. The molecule has 3 rings (SSSR count). The van der Waals surface area contributed by atoms with Crippen LogP contribution in [0.3, 0.4) is 0 Å². The molecular weight excluding hydrogens is 393 g/mol. The number of benzene rings is 2. The van der Waals surface area contributed by atoms with Gasteiger partial charge in [0.2, 0.25) is 15.9 Å². The van der Waals surface area contributed by atoms with E-state index in [1.165, 1.54) is 18.2 Å². The Bertz CT molecular complexity index is 951. The Morgan fingerprint density at radius 3 is 2.41 bits per heavy atom. The van der Waals surface area contributed by atoms with Crippen molar-refractivity contribution in [3.05, 3.63) is 60.4 Å². The van der Waals surface area contributed by atoms with E-state index < -0.39 is 26.8 Å². The van der Waals surface area contributed by atoms with Gasteiger partial charge in [-0.2, -0.15) is 4.72 Å². The van der Waals surface area contributed by atoms with Crippen molar-refractivity contribution in [2.75, 3.05) is 18.4 Å². The van der Waals surface area contributed by atoms with Crippen LogP contribution in [0.5, 0.6) is 0 Å². The first-order valence-corrected chi connectivity index (χ1v) is 11.1. The van der Waals surface area contributed by atoms with Crippen LogP contribution in [0.2, 0.25) is 0 Å². The van der Waals surface area contributed by atoms with Crippen LogP contribution in [-0.4, -0.2) is 44.4 Å². The number of hydrogen-bond acceptors (Lipinski definition) is 4. The molecule has 6 nitrogen and oxygen atoms in total. The van der Waals surface area contributed by atoms with Gasteiger partial charge in [0.05, 0.1) is 0 Å². The summed E-state index contributed by atoms with van der Waals surface area (Å²) in [7, 11) is -4.16. The average molecular weight is 420 g/mol. The summed E-state index contributed by atoms with van der Waals surface area (Å²) in [6, 6.07) is 14.0. The van der Waals surface area contributed by atoms with Crippen molar-refractivity contribution in [3.63, 3.8) is 0 Å². The maximum absolute atomic E-state index is 14.0. The molecule has 8 heteroatoms. The van der Waals surface area contributed by atoms with Crippen molar-refractivity contribution < 1.29 is 17.6 Å². The van der Waals surface area contributed by atoms with Gasteiger partial charge in [0.1, 0.15) is 16.8 Å². The van der Waals surface area contributed by atoms with Gasteiger partial charge in [0.25, 0.3) is 0 Å². The normalized spacial score (nSPS) is 18.1. The number of para-hydroxylation sites is 1. The molecule has 0 saturated carbocycles. The van der Waals surface area contributed by atoms with Crippen LogP contribution >= 0.6 is 0 Å². The van der Waals surface area contributed by atoms with Gasteiger partial charge in [0.15, 0.2) is 0 Å². The monoisotopic (exact) mass is 419 g/mol. The van der Waals surface area contributed by atoms with E-state index in [1.807, 2.05) is 30.3 Å². The molecule has 2 N–H and O–H groups in total. The summed E-state index contributed by atoms with van der Waals surface area (Å²) in [5.41, 5.74) is 0.979. The highest BCUT2D eigenvalue weighted by Gasteiger charge is 2.35. The van der Waals surface area contributed by atoms with Crippen molar-refractivity contribution in [3.8, 4) is 0 Å². The number of halogens is 1. The van der Waals surface area contributed by atoms with E-state index in [0.29, 0.717) is 13.1 Å². The second kappa shape index (κ2) is 8.92. The summed E-state index contributed by atoms with van der Waals surface area (Å²) in [6.07, 6.45) is 0.769. The number of carbonyl (C=O) groups is 1. The number of likely N-dealkylation sites (tertiary alicyclic amines) is 1. The molecule has 0 aromatic heterocycles. The molecule has 1 heterocycles. The Balaban J connectivity index is 1.69. The van der Waals surface area contributed by atoms with E-state index in [-0.39, 0.29) is 17.9 Å². The third kappa shape index (κ3) is 5.13. The molecule has 0 radical (unpaired) electrons. The molecule has 2 aromatic carbocycles. The average Bonchev–Trinajstić information content (AvgIpc) is 3.15. The Hall–Kier alpha value is -2.45. The molecule has 0 bridgehead atoms. The molecule has 1 fully saturated rings. The van der Waals surface area contributed by atoms with Crippen molar-refractivity contribution in [1.82, 2.24) is 9.62 Å². The van der Waals surface area contributed by atoms with Gasteiger partial charge in [-0.1, -0.05) is 44.2 Å². The van der Waals surface area contributed by atoms with Crippen LogP contribution in [-0.2, 0) is 14.8 Å². The first-order chi connectivity index (χ1) is 13.8. The fraction of sp³-hybridized carbons (Fsp3) is 0.381. The lowest BCUT2D eigenvalue weighted by Crippen LogP contribution is -2.51. The van der Waals surface area contributed by atoms with E-state index in [4.69, 9.17) is 0 Å². The van der Waals surface area contributed by atoms with Gasteiger partial charge in [-0.25, -0.2) is 12.8 Å². The zero-order chi connectivity index (χ0) is 21.0. The maximum atomic E-state index is 14.0. The van der Waals surface area contributed by atoms with Crippen LogP contribution in [0.4, 0.5) is 10.1 Å². The SMILES string of the molecule is CC(C)[C@H](NS(=O)(=O)c1ccccc1F)C(=O)N1CCC(Nc2ccccc2)C1. The predicted molar refractivity (Wildman–Crippen MR) is 110 cm³/mol. The van der Waals surface area contributed by atoms with E-state index in [9.17, 15) is 17.6 Å².